The van der Waals surface area contributed by atoms with Crippen molar-refractivity contribution in [2.45, 2.75) is 6.61 Å². The molecule has 5 nitrogen and oxygen atoms in total. The van der Waals surface area contributed by atoms with E-state index in [4.69, 9.17) is 16.3 Å². The van der Waals surface area contributed by atoms with Crippen LogP contribution in [0.25, 0.3) is 0 Å². The van der Waals surface area contributed by atoms with E-state index in [0.29, 0.717) is 11.3 Å². The fourth-order valence-electron chi connectivity index (χ4n) is 1.68. The van der Waals surface area contributed by atoms with E-state index in [9.17, 15) is 19.3 Å². The first-order valence-electron chi connectivity index (χ1n) is 5.81. The minimum absolute atomic E-state index is 0.0200. The number of nitrogens with zero attached hydrogens (tertiary/aromatic N) is 1. The molecule has 0 saturated carbocycles. The predicted octanol–water partition coefficient (Wildman–Crippen LogP) is 3.78. The maximum Gasteiger partial charge on any atom is 0.270 e. The summed E-state index contributed by atoms with van der Waals surface area (Å²) in [5, 5.41) is 11.0. The summed E-state index contributed by atoms with van der Waals surface area (Å²) in [7, 11) is 0. The van der Waals surface area contributed by atoms with Gasteiger partial charge in [-0.25, -0.2) is 4.39 Å². The second-order valence-electron chi connectivity index (χ2n) is 4.12. The summed E-state index contributed by atoms with van der Waals surface area (Å²) in [6, 6.07) is 7.61. The molecule has 0 aliphatic carbocycles. The number of carbonyl (C=O) groups excluding carboxylic acids is 1. The van der Waals surface area contributed by atoms with E-state index in [2.05, 4.69) is 0 Å². The summed E-state index contributed by atoms with van der Waals surface area (Å²) < 4.78 is 18.9. The topological polar surface area (TPSA) is 69.4 Å². The van der Waals surface area contributed by atoms with Crippen LogP contribution in [0.5, 0.6) is 5.75 Å². The van der Waals surface area contributed by atoms with Crippen LogP contribution in [-0.2, 0) is 6.61 Å². The Hall–Kier alpha value is -2.47. The monoisotopic (exact) mass is 309 g/mol. The highest BCUT2D eigenvalue weighted by atomic mass is 35.5. The van der Waals surface area contributed by atoms with Crippen molar-refractivity contribution in [3.8, 4) is 5.75 Å². The van der Waals surface area contributed by atoms with Crippen molar-refractivity contribution in [3.05, 3.63) is 68.5 Å². The fourth-order valence-corrected chi connectivity index (χ4v) is 1.88. The largest absolute Gasteiger partial charge is 0.488 e. The van der Waals surface area contributed by atoms with E-state index in [1.807, 2.05) is 0 Å². The molecule has 0 aromatic heterocycles. The molecule has 0 aliphatic heterocycles. The van der Waals surface area contributed by atoms with Crippen molar-refractivity contribution in [3.63, 3.8) is 0 Å². The van der Waals surface area contributed by atoms with Crippen molar-refractivity contribution < 1.29 is 18.8 Å². The Labute approximate surface area is 124 Å². The van der Waals surface area contributed by atoms with Crippen LogP contribution in [-0.4, -0.2) is 11.2 Å². The predicted molar refractivity (Wildman–Crippen MR) is 74.2 cm³/mol. The summed E-state index contributed by atoms with van der Waals surface area (Å²) in [6.07, 6.45) is 0.441. The molecule has 0 bridgehead atoms. The van der Waals surface area contributed by atoms with Gasteiger partial charge in [0.05, 0.1) is 10.5 Å². The molecule has 0 heterocycles. The van der Waals surface area contributed by atoms with Crippen LogP contribution < -0.4 is 4.74 Å². The van der Waals surface area contributed by atoms with Gasteiger partial charge in [-0.2, -0.15) is 0 Å². The number of aldehydes is 1. The maximum absolute atomic E-state index is 13.5. The molecule has 108 valence electrons. The first-order chi connectivity index (χ1) is 10.0. The Morgan fingerprint density at radius 1 is 1.29 bits per heavy atom. The molecule has 0 saturated heterocycles. The number of nitro groups is 1. The molecule has 0 fully saturated rings. The number of hydrogen-bond donors (Lipinski definition) is 0. The molecule has 7 heteroatoms. The molecule has 21 heavy (non-hydrogen) atoms. The van der Waals surface area contributed by atoms with Gasteiger partial charge in [-0.15, -0.1) is 0 Å². The number of rotatable bonds is 5. The van der Waals surface area contributed by atoms with Gasteiger partial charge in [0, 0.05) is 22.7 Å². The Morgan fingerprint density at radius 3 is 2.71 bits per heavy atom. The molecule has 0 spiro atoms. The van der Waals surface area contributed by atoms with E-state index in [-0.39, 0.29) is 29.2 Å². The molecule has 0 unspecified atom stereocenters. The summed E-state index contributed by atoms with van der Waals surface area (Å²) >= 11 is 5.76. The van der Waals surface area contributed by atoms with Gasteiger partial charge in [0.1, 0.15) is 18.2 Å². The number of ether oxygens (including phenoxy) is 1. The van der Waals surface area contributed by atoms with Gasteiger partial charge in [0.25, 0.3) is 5.69 Å². The lowest BCUT2D eigenvalue weighted by Gasteiger charge is -2.09. The molecule has 0 aliphatic rings. The highest BCUT2D eigenvalue weighted by Gasteiger charge is 2.12. The van der Waals surface area contributed by atoms with Gasteiger partial charge in [-0.3, -0.25) is 14.9 Å². The van der Waals surface area contributed by atoms with Crippen LogP contribution in [0.15, 0.2) is 36.4 Å². The number of benzene rings is 2. The number of hydrogen-bond acceptors (Lipinski definition) is 4. The van der Waals surface area contributed by atoms with Gasteiger partial charge in [0.15, 0.2) is 6.29 Å². The van der Waals surface area contributed by atoms with Crippen LogP contribution in [0.2, 0.25) is 5.02 Å². The highest BCUT2D eigenvalue weighted by molar-refractivity contribution is 6.30. The minimum atomic E-state index is -0.618. The second kappa shape index (κ2) is 6.32. The van der Waals surface area contributed by atoms with Crippen LogP contribution in [0, 0.1) is 15.9 Å². The SMILES string of the molecule is O=Cc1cc([N+](=O)[O-])ccc1OCc1cc(Cl)ccc1F. The van der Waals surface area contributed by atoms with Gasteiger partial charge in [-0.05, 0) is 24.3 Å². The van der Waals surface area contributed by atoms with Crippen molar-refractivity contribution in [2.24, 2.45) is 0 Å². The minimum Gasteiger partial charge on any atom is -0.488 e. The van der Waals surface area contributed by atoms with Gasteiger partial charge < -0.3 is 4.74 Å². The molecule has 2 aromatic rings. The molecule has 2 aromatic carbocycles. The molecular formula is C14H9ClFNO4. The van der Waals surface area contributed by atoms with Crippen molar-refractivity contribution in [1.29, 1.82) is 0 Å². The third-order valence-corrected chi connectivity index (χ3v) is 2.96. The van der Waals surface area contributed by atoms with Gasteiger partial charge >= 0.3 is 0 Å². The average molecular weight is 310 g/mol. The van der Waals surface area contributed by atoms with Gasteiger partial charge in [-0.1, -0.05) is 11.6 Å². The lowest BCUT2D eigenvalue weighted by atomic mass is 10.2. The smallest absolute Gasteiger partial charge is 0.270 e. The Kier molecular flexibility index (Phi) is 4.49. The van der Waals surface area contributed by atoms with Crippen molar-refractivity contribution in [1.82, 2.24) is 0 Å². The lowest BCUT2D eigenvalue weighted by molar-refractivity contribution is -0.384. The average Bonchev–Trinajstić information content (AvgIpc) is 2.47. The highest BCUT2D eigenvalue weighted by Crippen LogP contribution is 2.24. The normalized spacial score (nSPS) is 10.2. The number of nitro benzene ring substituents is 1. The Bertz CT molecular complexity index is 705. The van der Waals surface area contributed by atoms with E-state index < -0.39 is 10.7 Å². The number of non-ortho nitro benzene ring substituents is 1. The zero-order valence-electron chi connectivity index (χ0n) is 10.6. The van der Waals surface area contributed by atoms with Crippen LogP contribution in [0.3, 0.4) is 0 Å². The van der Waals surface area contributed by atoms with E-state index in [0.717, 1.165) is 6.07 Å². The van der Waals surface area contributed by atoms with Crippen LogP contribution in [0.4, 0.5) is 10.1 Å². The quantitative estimate of drug-likeness (QED) is 0.479. The fraction of sp³-hybridized carbons (Fsp3) is 0.0714. The van der Waals surface area contributed by atoms with Crippen LogP contribution >= 0.6 is 11.6 Å². The zero-order chi connectivity index (χ0) is 15.4. The number of carbonyl (C=O) groups is 1. The lowest BCUT2D eigenvalue weighted by Crippen LogP contribution is -2.01. The first-order valence-corrected chi connectivity index (χ1v) is 6.19. The zero-order valence-corrected chi connectivity index (χ0v) is 11.3. The van der Waals surface area contributed by atoms with E-state index >= 15 is 0 Å². The number of halogens is 2. The maximum atomic E-state index is 13.5. The third-order valence-electron chi connectivity index (χ3n) is 2.72. The van der Waals surface area contributed by atoms with E-state index in [1.165, 1.54) is 30.3 Å². The Balaban J connectivity index is 2.21. The molecular weight excluding hydrogens is 301 g/mol. The van der Waals surface area contributed by atoms with E-state index in [1.54, 1.807) is 0 Å². The first kappa shape index (κ1) is 14.9. The molecule has 0 atom stereocenters. The summed E-state index contributed by atoms with van der Waals surface area (Å²) in [6.45, 7) is -0.148. The van der Waals surface area contributed by atoms with Crippen molar-refractivity contribution >= 4 is 23.6 Å². The molecule has 0 amide bonds. The van der Waals surface area contributed by atoms with Crippen molar-refractivity contribution in [2.75, 3.05) is 0 Å². The summed E-state index contributed by atoms with van der Waals surface area (Å²) in [4.78, 5) is 20.9. The Morgan fingerprint density at radius 2 is 2.05 bits per heavy atom. The summed E-state index contributed by atoms with van der Waals surface area (Å²) in [5.74, 6) is -0.357. The standard InChI is InChI=1S/C14H9ClFNO4/c15-11-1-3-13(16)10(5-11)8-21-14-4-2-12(17(19)20)6-9(14)7-18/h1-7H,8H2. The second-order valence-corrected chi connectivity index (χ2v) is 4.56. The van der Waals surface area contributed by atoms with Gasteiger partial charge in [0.2, 0.25) is 0 Å². The molecule has 2 rings (SSSR count). The molecule has 0 radical (unpaired) electrons. The molecule has 0 N–H and O–H groups in total. The summed E-state index contributed by atoms with van der Waals surface area (Å²) in [5.41, 5.74) is 0.0164. The van der Waals surface area contributed by atoms with Crippen LogP contribution in [0.1, 0.15) is 15.9 Å². The third kappa shape index (κ3) is 3.55.